The highest BCUT2D eigenvalue weighted by Crippen LogP contribution is 2.30. The number of carbonyl (C=O) groups is 2. The number of hydrogen-bond acceptors (Lipinski definition) is 3. The molecule has 1 aromatic heterocycles. The van der Waals surface area contributed by atoms with E-state index in [-0.39, 0.29) is 11.8 Å². The number of amides is 1. The Labute approximate surface area is 129 Å². The Morgan fingerprint density at radius 3 is 2.82 bits per heavy atom. The molecule has 1 saturated heterocycles. The first-order valence-electron chi connectivity index (χ1n) is 8.20. The van der Waals surface area contributed by atoms with E-state index in [0.717, 1.165) is 49.8 Å². The molecule has 1 amide bonds. The van der Waals surface area contributed by atoms with E-state index in [4.69, 9.17) is 0 Å². The fourth-order valence-corrected chi connectivity index (χ4v) is 3.79. The van der Waals surface area contributed by atoms with Crippen molar-refractivity contribution in [3.63, 3.8) is 0 Å². The van der Waals surface area contributed by atoms with Crippen LogP contribution in [0.3, 0.4) is 0 Å². The average Bonchev–Trinajstić information content (AvgIpc) is 3.11. The minimum Gasteiger partial charge on any atom is -0.481 e. The van der Waals surface area contributed by atoms with Crippen LogP contribution in [-0.4, -0.2) is 45.2 Å². The minimum atomic E-state index is -0.794. The van der Waals surface area contributed by atoms with Crippen LogP contribution in [0.5, 0.6) is 0 Å². The summed E-state index contributed by atoms with van der Waals surface area (Å²) in [5, 5.41) is 16.6. The van der Waals surface area contributed by atoms with Gasteiger partial charge in [-0.15, -0.1) is 0 Å². The second kappa shape index (κ2) is 6.10. The number of aryl methyl sites for hydroxylation is 1. The normalized spacial score (nSPS) is 24.3. The summed E-state index contributed by atoms with van der Waals surface area (Å²) >= 11 is 0. The van der Waals surface area contributed by atoms with Crippen molar-refractivity contribution in [2.24, 2.45) is 11.8 Å². The molecule has 2 heterocycles. The van der Waals surface area contributed by atoms with Crippen molar-refractivity contribution in [1.29, 1.82) is 0 Å². The Morgan fingerprint density at radius 1 is 1.32 bits per heavy atom. The van der Waals surface area contributed by atoms with E-state index in [0.29, 0.717) is 18.8 Å². The molecule has 120 valence electrons. The molecule has 22 heavy (non-hydrogen) atoms. The first kappa shape index (κ1) is 15.1. The smallest absolute Gasteiger partial charge is 0.308 e. The molecule has 2 unspecified atom stereocenters. The second-order valence-electron chi connectivity index (χ2n) is 6.44. The van der Waals surface area contributed by atoms with E-state index in [2.05, 4.69) is 10.2 Å². The summed E-state index contributed by atoms with van der Waals surface area (Å²) in [5.41, 5.74) is 2.63. The van der Waals surface area contributed by atoms with E-state index in [9.17, 15) is 14.7 Å². The average molecular weight is 305 g/mol. The van der Waals surface area contributed by atoms with Gasteiger partial charge in [0.2, 0.25) is 0 Å². The van der Waals surface area contributed by atoms with Gasteiger partial charge in [0, 0.05) is 24.3 Å². The van der Waals surface area contributed by atoms with E-state index in [1.165, 1.54) is 0 Å². The fourth-order valence-electron chi connectivity index (χ4n) is 3.79. The lowest BCUT2D eigenvalue weighted by Crippen LogP contribution is -2.31. The molecule has 1 aromatic rings. The SMILES string of the molecule is CCCC1CN(C(=O)c2n[nH]c3c2CCCC3)CC1C(=O)O. The molecule has 1 aliphatic heterocycles. The molecule has 1 aliphatic carbocycles. The number of nitrogens with one attached hydrogen (secondary N) is 1. The van der Waals surface area contributed by atoms with Crippen LogP contribution in [-0.2, 0) is 17.6 Å². The Hall–Kier alpha value is -1.85. The van der Waals surface area contributed by atoms with Crippen molar-refractivity contribution < 1.29 is 14.7 Å². The maximum absolute atomic E-state index is 12.7. The predicted molar refractivity (Wildman–Crippen MR) is 80.7 cm³/mol. The number of carbonyl (C=O) groups excluding carboxylic acids is 1. The van der Waals surface area contributed by atoms with Crippen molar-refractivity contribution in [2.45, 2.75) is 45.4 Å². The lowest BCUT2D eigenvalue weighted by atomic mass is 9.92. The van der Waals surface area contributed by atoms with Crippen molar-refractivity contribution in [3.05, 3.63) is 17.0 Å². The monoisotopic (exact) mass is 305 g/mol. The van der Waals surface area contributed by atoms with Crippen LogP contribution in [0.4, 0.5) is 0 Å². The van der Waals surface area contributed by atoms with E-state index >= 15 is 0 Å². The Morgan fingerprint density at radius 2 is 2.09 bits per heavy atom. The highest BCUT2D eigenvalue weighted by atomic mass is 16.4. The number of carboxylic acid groups (broad SMARTS) is 1. The summed E-state index contributed by atoms with van der Waals surface area (Å²) in [6, 6.07) is 0. The molecule has 0 saturated carbocycles. The maximum Gasteiger partial charge on any atom is 0.308 e. The van der Waals surface area contributed by atoms with Gasteiger partial charge in [-0.05, 0) is 38.0 Å². The van der Waals surface area contributed by atoms with E-state index in [1.807, 2.05) is 6.92 Å². The van der Waals surface area contributed by atoms with Crippen LogP contribution in [0.1, 0.15) is 54.4 Å². The second-order valence-corrected chi connectivity index (χ2v) is 6.44. The third-order valence-corrected chi connectivity index (χ3v) is 4.96. The summed E-state index contributed by atoms with van der Waals surface area (Å²) in [6.45, 7) is 2.89. The third kappa shape index (κ3) is 2.62. The number of H-pyrrole nitrogens is 1. The van der Waals surface area contributed by atoms with Gasteiger partial charge in [0.05, 0.1) is 5.92 Å². The van der Waals surface area contributed by atoms with Gasteiger partial charge in [0.1, 0.15) is 0 Å². The van der Waals surface area contributed by atoms with Crippen molar-refractivity contribution in [2.75, 3.05) is 13.1 Å². The molecule has 6 heteroatoms. The van der Waals surface area contributed by atoms with Gasteiger partial charge in [-0.25, -0.2) is 0 Å². The number of aromatic nitrogens is 2. The highest BCUT2D eigenvalue weighted by Gasteiger charge is 2.40. The summed E-state index contributed by atoms with van der Waals surface area (Å²) < 4.78 is 0. The maximum atomic E-state index is 12.7. The summed E-state index contributed by atoms with van der Waals surface area (Å²) in [4.78, 5) is 25.8. The van der Waals surface area contributed by atoms with Crippen molar-refractivity contribution >= 4 is 11.9 Å². The lowest BCUT2D eigenvalue weighted by molar-refractivity contribution is -0.142. The van der Waals surface area contributed by atoms with Crippen LogP contribution in [0.2, 0.25) is 0 Å². The molecule has 2 atom stereocenters. The van der Waals surface area contributed by atoms with Crippen LogP contribution < -0.4 is 0 Å². The molecule has 0 spiro atoms. The minimum absolute atomic E-state index is 0.0567. The van der Waals surface area contributed by atoms with Crippen molar-refractivity contribution in [1.82, 2.24) is 15.1 Å². The molecule has 1 fully saturated rings. The van der Waals surface area contributed by atoms with E-state index in [1.54, 1.807) is 4.90 Å². The molecular weight excluding hydrogens is 282 g/mol. The van der Waals surface area contributed by atoms with Crippen molar-refractivity contribution in [3.8, 4) is 0 Å². The number of likely N-dealkylation sites (tertiary alicyclic amines) is 1. The van der Waals surface area contributed by atoms with Gasteiger partial charge in [0.25, 0.3) is 5.91 Å². The zero-order chi connectivity index (χ0) is 15.7. The largest absolute Gasteiger partial charge is 0.481 e. The molecule has 2 aliphatic rings. The first-order chi connectivity index (χ1) is 10.6. The van der Waals surface area contributed by atoms with Gasteiger partial charge in [-0.2, -0.15) is 5.10 Å². The Bertz CT molecular complexity index is 581. The summed E-state index contributed by atoms with van der Waals surface area (Å²) in [7, 11) is 0. The quantitative estimate of drug-likeness (QED) is 0.889. The predicted octanol–water partition coefficient (Wildman–Crippen LogP) is 1.86. The first-order valence-corrected chi connectivity index (χ1v) is 8.20. The number of aromatic amines is 1. The van der Waals surface area contributed by atoms with Gasteiger partial charge >= 0.3 is 5.97 Å². The number of nitrogens with zero attached hydrogens (tertiary/aromatic N) is 2. The van der Waals surface area contributed by atoms with E-state index < -0.39 is 11.9 Å². The molecular formula is C16H23N3O3. The number of fused-ring (bicyclic) bond motifs is 1. The highest BCUT2D eigenvalue weighted by molar-refractivity contribution is 5.94. The fraction of sp³-hybridized carbons (Fsp3) is 0.688. The summed E-state index contributed by atoms with van der Waals surface area (Å²) in [6.07, 6.45) is 5.84. The molecule has 0 aromatic carbocycles. The topological polar surface area (TPSA) is 86.3 Å². The van der Waals surface area contributed by atoms with Crippen LogP contribution in [0.25, 0.3) is 0 Å². The molecule has 2 N–H and O–H groups in total. The van der Waals surface area contributed by atoms with Crippen LogP contribution in [0.15, 0.2) is 0 Å². The van der Waals surface area contributed by atoms with Gasteiger partial charge in [-0.3, -0.25) is 14.7 Å². The number of carboxylic acids is 1. The van der Waals surface area contributed by atoms with Crippen LogP contribution in [0, 0.1) is 11.8 Å². The standard InChI is InChI=1S/C16H23N3O3/c1-2-5-10-8-19(9-12(10)16(21)22)15(20)14-11-6-3-4-7-13(11)17-18-14/h10,12H,2-9H2,1H3,(H,17,18)(H,21,22). The zero-order valence-corrected chi connectivity index (χ0v) is 13.0. The van der Waals surface area contributed by atoms with Gasteiger partial charge < -0.3 is 10.0 Å². The summed E-state index contributed by atoms with van der Waals surface area (Å²) in [5.74, 6) is -1.29. The van der Waals surface area contributed by atoms with Gasteiger partial charge in [0.15, 0.2) is 5.69 Å². The molecule has 6 nitrogen and oxygen atoms in total. The number of aliphatic carboxylic acids is 1. The molecule has 0 bridgehead atoms. The zero-order valence-electron chi connectivity index (χ0n) is 13.0. The number of rotatable bonds is 4. The molecule has 0 radical (unpaired) electrons. The third-order valence-electron chi connectivity index (χ3n) is 4.96. The number of hydrogen-bond donors (Lipinski definition) is 2. The Balaban J connectivity index is 1.78. The molecule has 3 rings (SSSR count). The van der Waals surface area contributed by atoms with Gasteiger partial charge in [-0.1, -0.05) is 13.3 Å². The lowest BCUT2D eigenvalue weighted by Gasteiger charge is -2.17. The Kier molecular flexibility index (Phi) is 4.18. The van der Waals surface area contributed by atoms with Crippen LogP contribution >= 0.6 is 0 Å².